The first-order valence-corrected chi connectivity index (χ1v) is 12.0. The molecule has 0 spiro atoms. The van der Waals surface area contributed by atoms with E-state index in [1.807, 2.05) is 51.1 Å². The highest BCUT2D eigenvalue weighted by Crippen LogP contribution is 2.26. The Labute approximate surface area is 221 Å². The molecule has 0 aliphatic heterocycles. The number of rotatable bonds is 4. The van der Waals surface area contributed by atoms with Gasteiger partial charge in [-0.25, -0.2) is 24.2 Å². The van der Waals surface area contributed by atoms with Gasteiger partial charge in [-0.2, -0.15) is 0 Å². The fourth-order valence-corrected chi connectivity index (χ4v) is 4.22. The van der Waals surface area contributed by atoms with Crippen molar-refractivity contribution in [3.05, 3.63) is 81.1 Å². The van der Waals surface area contributed by atoms with Gasteiger partial charge in [0.2, 0.25) is 11.3 Å². The lowest BCUT2D eigenvalue weighted by molar-refractivity contribution is 0.315. The van der Waals surface area contributed by atoms with E-state index < -0.39 is 0 Å². The molecular formula is C25H23ClN10O2. The Morgan fingerprint density at radius 1 is 0.658 bits per heavy atom. The summed E-state index contributed by atoms with van der Waals surface area (Å²) in [5.74, 6) is 0. The Morgan fingerprint density at radius 2 is 1.16 bits per heavy atom. The molecule has 6 aromatic heterocycles. The van der Waals surface area contributed by atoms with E-state index in [1.54, 1.807) is 6.07 Å². The van der Waals surface area contributed by atoms with Crippen molar-refractivity contribution >= 4 is 45.3 Å². The second kappa shape index (κ2) is 10.3. The van der Waals surface area contributed by atoms with Crippen LogP contribution in [0, 0.1) is 20.8 Å². The van der Waals surface area contributed by atoms with E-state index >= 15 is 0 Å². The lowest BCUT2D eigenvalue weighted by atomic mass is 10.1. The smallest absolute Gasteiger partial charge is 0.226 e. The molecule has 0 unspecified atom stereocenters. The lowest BCUT2D eigenvalue weighted by Gasteiger charge is -2.08. The van der Waals surface area contributed by atoms with E-state index in [1.165, 1.54) is 0 Å². The molecule has 0 fully saturated rings. The number of aryl methyl sites for hydroxylation is 3. The van der Waals surface area contributed by atoms with Crippen LogP contribution in [0.15, 0.2) is 45.7 Å². The van der Waals surface area contributed by atoms with E-state index in [2.05, 4.69) is 49.8 Å². The number of fused-ring (bicyclic) bond motifs is 2. The molecule has 0 aliphatic rings. The minimum Gasteiger partial charge on any atom is -0.396 e. The van der Waals surface area contributed by atoms with Crippen LogP contribution in [0.25, 0.3) is 22.3 Å². The zero-order valence-electron chi connectivity index (χ0n) is 20.8. The second-order valence-corrected chi connectivity index (χ2v) is 9.01. The molecule has 0 bridgehead atoms. The summed E-state index contributed by atoms with van der Waals surface area (Å²) in [5.41, 5.74) is 21.3. The predicted molar refractivity (Wildman–Crippen MR) is 141 cm³/mol. The minimum atomic E-state index is 0.415. The third-order valence-corrected chi connectivity index (χ3v) is 6.17. The molecule has 38 heavy (non-hydrogen) atoms. The molecule has 0 aliphatic carbocycles. The van der Waals surface area contributed by atoms with Crippen molar-refractivity contribution in [2.45, 2.75) is 33.6 Å². The number of nitrogens with two attached hydrogens (primary N) is 2. The molecule has 0 radical (unpaired) electrons. The highest BCUT2D eigenvalue weighted by Gasteiger charge is 2.16. The van der Waals surface area contributed by atoms with Crippen molar-refractivity contribution in [1.29, 1.82) is 0 Å². The summed E-state index contributed by atoms with van der Waals surface area (Å²) < 4.78 is 9.31. The highest BCUT2D eigenvalue weighted by molar-refractivity contribution is 6.29. The van der Waals surface area contributed by atoms with E-state index in [4.69, 9.17) is 23.1 Å². The van der Waals surface area contributed by atoms with Crippen LogP contribution in [-0.4, -0.2) is 40.6 Å². The van der Waals surface area contributed by atoms with Gasteiger partial charge in [0.1, 0.15) is 5.15 Å². The number of nitrogens with zero attached hydrogens (tertiary/aromatic N) is 8. The number of nitrogen functional groups attached to an aromatic ring is 2. The maximum absolute atomic E-state index is 6.12. The summed E-state index contributed by atoms with van der Waals surface area (Å²) in [6, 6.07) is 11.4. The molecule has 0 saturated carbocycles. The number of halogens is 1. The largest absolute Gasteiger partial charge is 0.396 e. The van der Waals surface area contributed by atoms with Crippen LogP contribution >= 0.6 is 11.6 Å². The van der Waals surface area contributed by atoms with Crippen LogP contribution < -0.4 is 11.5 Å². The summed E-state index contributed by atoms with van der Waals surface area (Å²) >= 11 is 5.87. The zero-order chi connectivity index (χ0) is 26.8. The molecule has 0 saturated heterocycles. The standard InChI is InChI=1S/C13H13N5O.C12H10ClN5O/c1-7-4-3-5-9(15-7)6-10-8(2)16-13-12(11(10)14)17-19-18-13;1-6-8(5-7-3-2-4-9(13)16-7)10(14)11-12(15-6)18-19-17-11/h3-5H,6,14H2,1-2H3;2-4H,5,14H2,1H3. The van der Waals surface area contributed by atoms with Gasteiger partial charge < -0.3 is 11.5 Å². The van der Waals surface area contributed by atoms with Gasteiger partial charge in [0.15, 0.2) is 11.0 Å². The van der Waals surface area contributed by atoms with E-state index in [0.29, 0.717) is 51.7 Å². The van der Waals surface area contributed by atoms with Gasteiger partial charge in [-0.3, -0.25) is 4.98 Å². The highest BCUT2D eigenvalue weighted by atomic mass is 35.5. The number of aromatic nitrogens is 8. The predicted octanol–water partition coefficient (Wildman–Crippen LogP) is 3.95. The van der Waals surface area contributed by atoms with Crippen molar-refractivity contribution in [2.24, 2.45) is 0 Å². The van der Waals surface area contributed by atoms with E-state index in [9.17, 15) is 0 Å². The molecule has 6 rings (SSSR count). The van der Waals surface area contributed by atoms with E-state index in [0.717, 1.165) is 39.6 Å². The Kier molecular flexibility index (Phi) is 6.79. The topological polar surface area (TPSA) is 181 Å². The van der Waals surface area contributed by atoms with Gasteiger partial charge in [-0.1, -0.05) is 23.7 Å². The first-order valence-electron chi connectivity index (χ1n) is 11.6. The molecule has 192 valence electrons. The molecule has 0 atom stereocenters. The first kappa shape index (κ1) is 25.0. The Hall–Kier alpha value is -4.71. The van der Waals surface area contributed by atoms with Crippen molar-refractivity contribution in [3.8, 4) is 0 Å². The number of hydrogen-bond acceptors (Lipinski definition) is 12. The SMILES string of the molecule is Cc1cccc(Cc2c(C)nc3nonc3c2N)n1.Cc1nc2nonc2c(N)c1Cc1cccc(Cl)n1. The molecular weight excluding hydrogens is 508 g/mol. The third-order valence-electron chi connectivity index (χ3n) is 5.96. The number of pyridine rings is 4. The quantitative estimate of drug-likeness (QED) is 0.313. The summed E-state index contributed by atoms with van der Waals surface area (Å²) in [5, 5.41) is 15.4. The van der Waals surface area contributed by atoms with Gasteiger partial charge in [-0.05, 0) is 65.7 Å². The van der Waals surface area contributed by atoms with Crippen LogP contribution in [0.2, 0.25) is 5.15 Å². The second-order valence-electron chi connectivity index (χ2n) is 8.63. The number of hydrogen-bond donors (Lipinski definition) is 2. The monoisotopic (exact) mass is 530 g/mol. The van der Waals surface area contributed by atoms with Crippen molar-refractivity contribution < 1.29 is 9.26 Å². The third kappa shape index (κ3) is 5.06. The molecule has 12 nitrogen and oxygen atoms in total. The van der Waals surface area contributed by atoms with Crippen LogP contribution in [-0.2, 0) is 12.8 Å². The molecule has 6 heterocycles. The average Bonchev–Trinajstić information content (AvgIpc) is 3.55. The molecule has 0 aromatic carbocycles. The molecule has 13 heteroatoms. The molecule has 6 aromatic rings. The van der Waals surface area contributed by atoms with Crippen molar-refractivity contribution in [2.75, 3.05) is 11.5 Å². The van der Waals surface area contributed by atoms with Gasteiger partial charge in [0, 0.05) is 52.4 Å². The normalized spacial score (nSPS) is 11.1. The maximum Gasteiger partial charge on any atom is 0.226 e. The molecule has 4 N–H and O–H groups in total. The first-order chi connectivity index (χ1) is 18.3. The van der Waals surface area contributed by atoms with Gasteiger partial charge >= 0.3 is 0 Å². The van der Waals surface area contributed by atoms with Gasteiger partial charge in [-0.15, -0.1) is 0 Å². The summed E-state index contributed by atoms with van der Waals surface area (Å²) in [4.78, 5) is 17.4. The van der Waals surface area contributed by atoms with Gasteiger partial charge in [0.05, 0.1) is 11.4 Å². The van der Waals surface area contributed by atoms with Gasteiger partial charge in [0.25, 0.3) is 0 Å². The Balaban J connectivity index is 0.000000155. The fraction of sp³-hybridized carbons (Fsp3) is 0.200. The summed E-state index contributed by atoms with van der Waals surface area (Å²) in [6.07, 6.45) is 1.16. The van der Waals surface area contributed by atoms with Crippen molar-refractivity contribution in [3.63, 3.8) is 0 Å². The molecule has 0 amide bonds. The van der Waals surface area contributed by atoms with Crippen LogP contribution in [0.4, 0.5) is 11.4 Å². The number of anilines is 2. The maximum atomic E-state index is 6.12. The summed E-state index contributed by atoms with van der Waals surface area (Å²) in [6.45, 7) is 5.72. The Morgan fingerprint density at radius 3 is 1.66 bits per heavy atom. The van der Waals surface area contributed by atoms with Crippen LogP contribution in [0.1, 0.15) is 39.6 Å². The van der Waals surface area contributed by atoms with Crippen molar-refractivity contribution in [1.82, 2.24) is 40.6 Å². The van der Waals surface area contributed by atoms with E-state index in [-0.39, 0.29) is 0 Å². The fourth-order valence-electron chi connectivity index (χ4n) is 4.04. The van der Waals surface area contributed by atoms with Crippen LogP contribution in [0.5, 0.6) is 0 Å². The lowest BCUT2D eigenvalue weighted by Crippen LogP contribution is -2.04. The average molecular weight is 531 g/mol. The zero-order valence-corrected chi connectivity index (χ0v) is 21.6. The Bertz CT molecular complexity index is 1640. The summed E-state index contributed by atoms with van der Waals surface area (Å²) in [7, 11) is 0. The van der Waals surface area contributed by atoms with Crippen LogP contribution in [0.3, 0.4) is 0 Å². The minimum absolute atomic E-state index is 0.415.